The lowest BCUT2D eigenvalue weighted by Gasteiger charge is -2.22. The lowest BCUT2D eigenvalue weighted by Crippen LogP contribution is -2.25. The molecule has 0 radical (unpaired) electrons. The smallest absolute Gasteiger partial charge is 0.128 e. The minimum Gasteiger partial charge on any atom is -0.306 e. The maximum atomic E-state index is 14.5. The number of benzene rings is 2. The number of hydrogen-bond donors (Lipinski definition) is 1. The maximum Gasteiger partial charge on any atom is 0.128 e. The molecule has 0 bridgehead atoms. The molecule has 1 unspecified atom stereocenters. The highest BCUT2D eigenvalue weighted by Crippen LogP contribution is 2.29. The molecule has 0 aliphatic carbocycles. The van der Waals surface area contributed by atoms with E-state index in [9.17, 15) is 4.39 Å². The first-order chi connectivity index (χ1) is 10.0. The van der Waals surface area contributed by atoms with Crippen molar-refractivity contribution in [2.75, 3.05) is 6.54 Å². The third-order valence-corrected chi connectivity index (χ3v) is 3.78. The molecule has 0 aliphatic rings. The summed E-state index contributed by atoms with van der Waals surface area (Å²) in [6.07, 6.45) is 0.990. The van der Waals surface area contributed by atoms with Crippen molar-refractivity contribution in [1.29, 1.82) is 0 Å². The van der Waals surface area contributed by atoms with E-state index >= 15 is 0 Å². The van der Waals surface area contributed by atoms with E-state index in [2.05, 4.69) is 12.2 Å². The van der Waals surface area contributed by atoms with E-state index in [0.29, 0.717) is 10.6 Å². The molecule has 1 atom stereocenters. The Morgan fingerprint density at radius 3 is 2.57 bits per heavy atom. The van der Waals surface area contributed by atoms with Crippen molar-refractivity contribution in [2.45, 2.75) is 33.2 Å². The highest BCUT2D eigenvalue weighted by Gasteiger charge is 2.20. The van der Waals surface area contributed by atoms with Gasteiger partial charge < -0.3 is 5.32 Å². The van der Waals surface area contributed by atoms with Gasteiger partial charge in [0.2, 0.25) is 0 Å². The predicted molar refractivity (Wildman–Crippen MR) is 87.5 cm³/mol. The summed E-state index contributed by atoms with van der Waals surface area (Å²) < 4.78 is 14.5. The highest BCUT2D eigenvalue weighted by atomic mass is 35.5. The van der Waals surface area contributed by atoms with E-state index in [-0.39, 0.29) is 11.9 Å². The molecule has 2 aromatic carbocycles. The fourth-order valence-electron chi connectivity index (χ4n) is 2.65. The molecule has 0 aromatic heterocycles. The second kappa shape index (κ2) is 7.06. The fourth-order valence-corrected chi connectivity index (χ4v) is 2.85. The molecule has 2 aromatic rings. The third-order valence-electron chi connectivity index (χ3n) is 3.55. The second-order valence-electron chi connectivity index (χ2n) is 5.42. The summed E-state index contributed by atoms with van der Waals surface area (Å²) in [6.45, 7) is 6.79. The highest BCUT2D eigenvalue weighted by molar-refractivity contribution is 6.30. The summed E-state index contributed by atoms with van der Waals surface area (Å²) in [6, 6.07) is 11.0. The molecule has 112 valence electrons. The number of rotatable bonds is 5. The second-order valence-corrected chi connectivity index (χ2v) is 5.86. The molecule has 21 heavy (non-hydrogen) atoms. The summed E-state index contributed by atoms with van der Waals surface area (Å²) in [5.41, 5.74) is 3.59. The van der Waals surface area contributed by atoms with Crippen molar-refractivity contribution in [3.63, 3.8) is 0 Å². The Kier molecular flexibility index (Phi) is 5.38. The summed E-state index contributed by atoms with van der Waals surface area (Å²) >= 11 is 6.09. The zero-order valence-corrected chi connectivity index (χ0v) is 13.5. The first-order valence-corrected chi connectivity index (χ1v) is 7.66. The average Bonchev–Trinajstić information content (AvgIpc) is 2.41. The third kappa shape index (κ3) is 3.84. The van der Waals surface area contributed by atoms with Crippen LogP contribution in [-0.4, -0.2) is 6.54 Å². The minimum absolute atomic E-state index is 0.166. The summed E-state index contributed by atoms with van der Waals surface area (Å²) in [5, 5.41) is 4.10. The van der Waals surface area contributed by atoms with Gasteiger partial charge in [0.25, 0.3) is 0 Å². The molecule has 1 nitrogen and oxygen atoms in total. The first-order valence-electron chi connectivity index (χ1n) is 7.28. The molecule has 0 amide bonds. The van der Waals surface area contributed by atoms with Gasteiger partial charge in [-0.3, -0.25) is 0 Å². The predicted octanol–water partition coefficient (Wildman–Crippen LogP) is 5.18. The maximum absolute atomic E-state index is 14.5. The van der Waals surface area contributed by atoms with Gasteiger partial charge in [0.1, 0.15) is 5.82 Å². The van der Waals surface area contributed by atoms with Crippen LogP contribution in [0.1, 0.15) is 41.6 Å². The molecule has 0 heterocycles. The van der Waals surface area contributed by atoms with E-state index in [1.54, 1.807) is 6.07 Å². The standard InChI is InChI=1S/C18H21ClFN/c1-4-8-21-18(14-6-5-7-15(19)11-14)17-13(3)9-12(2)10-16(17)20/h5-7,9-11,18,21H,4,8H2,1-3H3. The van der Waals surface area contributed by atoms with Gasteiger partial charge in [-0.05, 0) is 61.7 Å². The number of aryl methyl sites for hydroxylation is 2. The number of nitrogens with one attached hydrogen (secondary N) is 1. The van der Waals surface area contributed by atoms with Crippen LogP contribution >= 0.6 is 11.6 Å². The van der Waals surface area contributed by atoms with Gasteiger partial charge in [-0.2, -0.15) is 0 Å². The van der Waals surface area contributed by atoms with Crippen LogP contribution in [0.3, 0.4) is 0 Å². The van der Waals surface area contributed by atoms with E-state index in [0.717, 1.165) is 29.7 Å². The van der Waals surface area contributed by atoms with Gasteiger partial charge in [-0.1, -0.05) is 36.7 Å². The van der Waals surface area contributed by atoms with Crippen LogP contribution in [0.15, 0.2) is 36.4 Å². The minimum atomic E-state index is -0.177. The molecule has 1 N–H and O–H groups in total. The van der Waals surface area contributed by atoms with Crippen molar-refractivity contribution in [1.82, 2.24) is 5.32 Å². The molecular formula is C18H21ClFN. The Labute approximate surface area is 131 Å². The van der Waals surface area contributed by atoms with Gasteiger partial charge in [0.15, 0.2) is 0 Å². The monoisotopic (exact) mass is 305 g/mol. The van der Waals surface area contributed by atoms with Gasteiger partial charge in [-0.25, -0.2) is 4.39 Å². The Hall–Kier alpha value is -1.38. The molecule has 2 rings (SSSR count). The summed E-state index contributed by atoms with van der Waals surface area (Å²) in [5.74, 6) is -0.166. The van der Waals surface area contributed by atoms with E-state index < -0.39 is 0 Å². The Morgan fingerprint density at radius 2 is 1.95 bits per heavy atom. The van der Waals surface area contributed by atoms with Gasteiger partial charge >= 0.3 is 0 Å². The molecule has 0 spiro atoms. The van der Waals surface area contributed by atoms with E-state index in [4.69, 9.17) is 11.6 Å². The SMILES string of the molecule is CCCNC(c1cccc(Cl)c1)c1c(C)cc(C)cc1F. The van der Waals surface area contributed by atoms with Crippen molar-refractivity contribution in [2.24, 2.45) is 0 Å². The topological polar surface area (TPSA) is 12.0 Å². The zero-order valence-electron chi connectivity index (χ0n) is 12.7. The van der Waals surface area contributed by atoms with Crippen LogP contribution in [0.5, 0.6) is 0 Å². The molecular weight excluding hydrogens is 285 g/mol. The summed E-state index contributed by atoms with van der Waals surface area (Å²) in [7, 11) is 0. The van der Waals surface area contributed by atoms with Crippen LogP contribution in [0.25, 0.3) is 0 Å². The lowest BCUT2D eigenvalue weighted by atomic mass is 9.93. The number of hydrogen-bond acceptors (Lipinski definition) is 1. The normalized spacial score (nSPS) is 12.4. The van der Waals surface area contributed by atoms with E-state index in [1.807, 2.05) is 44.2 Å². The largest absolute Gasteiger partial charge is 0.306 e. The Bertz CT molecular complexity index is 601. The van der Waals surface area contributed by atoms with Crippen LogP contribution in [0, 0.1) is 19.7 Å². The number of halogens is 2. The van der Waals surface area contributed by atoms with Crippen molar-refractivity contribution in [3.05, 3.63) is 69.5 Å². The van der Waals surface area contributed by atoms with Crippen LogP contribution in [-0.2, 0) is 0 Å². The van der Waals surface area contributed by atoms with Gasteiger partial charge in [0.05, 0.1) is 6.04 Å². The lowest BCUT2D eigenvalue weighted by molar-refractivity contribution is 0.543. The van der Waals surface area contributed by atoms with Crippen LogP contribution in [0.4, 0.5) is 4.39 Å². The first kappa shape index (κ1) is 16.0. The molecule has 0 fully saturated rings. The molecule has 3 heteroatoms. The van der Waals surface area contributed by atoms with Crippen molar-refractivity contribution < 1.29 is 4.39 Å². The van der Waals surface area contributed by atoms with Crippen LogP contribution < -0.4 is 5.32 Å². The average molecular weight is 306 g/mol. The quantitative estimate of drug-likeness (QED) is 0.802. The van der Waals surface area contributed by atoms with Crippen LogP contribution in [0.2, 0.25) is 5.02 Å². The molecule has 0 saturated heterocycles. The summed E-state index contributed by atoms with van der Waals surface area (Å²) in [4.78, 5) is 0. The van der Waals surface area contributed by atoms with Gasteiger partial charge in [0, 0.05) is 10.6 Å². The van der Waals surface area contributed by atoms with Crippen molar-refractivity contribution >= 4 is 11.6 Å². The molecule has 0 aliphatic heterocycles. The van der Waals surface area contributed by atoms with E-state index in [1.165, 1.54) is 0 Å². The Morgan fingerprint density at radius 1 is 1.19 bits per heavy atom. The zero-order chi connectivity index (χ0) is 15.4. The molecule has 0 saturated carbocycles. The van der Waals surface area contributed by atoms with Gasteiger partial charge in [-0.15, -0.1) is 0 Å². The fraction of sp³-hybridized carbons (Fsp3) is 0.333. The van der Waals surface area contributed by atoms with Crippen molar-refractivity contribution in [3.8, 4) is 0 Å². The Balaban J connectivity index is 2.50.